The van der Waals surface area contributed by atoms with Crippen molar-refractivity contribution in [2.45, 2.75) is 26.2 Å². The Morgan fingerprint density at radius 1 is 1.03 bits per heavy atom. The SMILES string of the molecule is CC(=O)c1ccc(N2CCN(CC(=O)/C=C3\N(C)c4ccccc4C3(C)C)CC2)c(F)c1. The van der Waals surface area contributed by atoms with E-state index in [1.54, 1.807) is 18.2 Å². The molecule has 1 saturated heterocycles. The molecule has 2 aliphatic rings. The van der Waals surface area contributed by atoms with E-state index in [0.717, 1.165) is 11.4 Å². The Bertz CT molecular complexity index is 1080. The second kappa shape index (κ2) is 8.51. The molecule has 0 atom stereocenters. The van der Waals surface area contributed by atoms with Crippen LogP contribution in [0.25, 0.3) is 0 Å². The molecule has 0 spiro atoms. The smallest absolute Gasteiger partial charge is 0.171 e. The number of hydrogen-bond donors (Lipinski definition) is 0. The van der Waals surface area contributed by atoms with Gasteiger partial charge in [0.25, 0.3) is 0 Å². The van der Waals surface area contributed by atoms with Gasteiger partial charge in [-0.05, 0) is 36.8 Å². The Morgan fingerprint density at radius 2 is 1.72 bits per heavy atom. The van der Waals surface area contributed by atoms with E-state index >= 15 is 0 Å². The summed E-state index contributed by atoms with van der Waals surface area (Å²) in [5, 5.41) is 0. The van der Waals surface area contributed by atoms with Gasteiger partial charge in [0.05, 0.1) is 12.2 Å². The monoisotopic (exact) mass is 435 g/mol. The maximum absolute atomic E-state index is 14.5. The van der Waals surface area contributed by atoms with Crippen LogP contribution in [0.3, 0.4) is 0 Å². The quantitative estimate of drug-likeness (QED) is 0.524. The maximum Gasteiger partial charge on any atom is 0.171 e. The molecule has 0 aromatic heterocycles. The molecule has 32 heavy (non-hydrogen) atoms. The van der Waals surface area contributed by atoms with Crippen LogP contribution in [0.1, 0.15) is 36.7 Å². The largest absolute Gasteiger partial charge is 0.367 e. The van der Waals surface area contributed by atoms with Crippen molar-refractivity contribution < 1.29 is 14.0 Å². The van der Waals surface area contributed by atoms with Crippen LogP contribution in [0.2, 0.25) is 0 Å². The summed E-state index contributed by atoms with van der Waals surface area (Å²) in [6.07, 6.45) is 1.78. The number of para-hydroxylation sites is 1. The van der Waals surface area contributed by atoms with Gasteiger partial charge in [0, 0.05) is 61.7 Å². The zero-order valence-electron chi connectivity index (χ0n) is 19.2. The molecule has 0 radical (unpaired) electrons. The summed E-state index contributed by atoms with van der Waals surface area (Å²) >= 11 is 0. The van der Waals surface area contributed by atoms with Crippen molar-refractivity contribution in [3.05, 3.63) is 71.2 Å². The van der Waals surface area contributed by atoms with E-state index in [-0.39, 0.29) is 22.8 Å². The van der Waals surface area contributed by atoms with Gasteiger partial charge in [-0.1, -0.05) is 32.0 Å². The third-order valence-corrected chi connectivity index (χ3v) is 6.68. The van der Waals surface area contributed by atoms with E-state index in [2.05, 4.69) is 35.8 Å². The Labute approximate surface area is 189 Å². The molecule has 2 aliphatic heterocycles. The number of carbonyl (C=O) groups excluding carboxylic acids is 2. The van der Waals surface area contributed by atoms with Crippen LogP contribution >= 0.6 is 0 Å². The first kappa shape index (κ1) is 22.2. The average Bonchev–Trinajstić information content (AvgIpc) is 2.95. The minimum atomic E-state index is -0.377. The molecule has 0 N–H and O–H groups in total. The fraction of sp³-hybridized carbons (Fsp3) is 0.385. The molecule has 0 aliphatic carbocycles. The number of likely N-dealkylation sites (N-methyl/N-ethyl adjacent to an activating group) is 1. The normalized spacial score (nSPS) is 19.3. The number of nitrogens with zero attached hydrogens (tertiary/aromatic N) is 3. The Morgan fingerprint density at radius 3 is 2.34 bits per heavy atom. The number of ketones is 2. The Balaban J connectivity index is 1.39. The lowest BCUT2D eigenvalue weighted by Crippen LogP contribution is -2.48. The number of halogens is 1. The first-order chi connectivity index (χ1) is 15.2. The summed E-state index contributed by atoms with van der Waals surface area (Å²) in [4.78, 5) is 30.6. The number of fused-ring (bicyclic) bond motifs is 1. The third-order valence-electron chi connectivity index (χ3n) is 6.68. The average molecular weight is 436 g/mol. The van der Waals surface area contributed by atoms with Crippen LogP contribution < -0.4 is 9.80 Å². The fourth-order valence-corrected chi connectivity index (χ4v) is 4.81. The lowest BCUT2D eigenvalue weighted by molar-refractivity contribution is -0.115. The molecule has 168 valence electrons. The molecule has 2 aromatic rings. The Hall–Kier alpha value is -2.99. The molecule has 4 rings (SSSR count). The van der Waals surface area contributed by atoms with E-state index in [1.165, 1.54) is 18.6 Å². The van der Waals surface area contributed by atoms with E-state index in [9.17, 15) is 14.0 Å². The fourth-order valence-electron chi connectivity index (χ4n) is 4.81. The highest BCUT2D eigenvalue weighted by atomic mass is 19.1. The maximum atomic E-state index is 14.5. The van der Waals surface area contributed by atoms with Gasteiger partial charge in [-0.3, -0.25) is 14.5 Å². The lowest BCUT2D eigenvalue weighted by atomic mass is 9.83. The van der Waals surface area contributed by atoms with Gasteiger partial charge < -0.3 is 9.80 Å². The highest BCUT2D eigenvalue weighted by molar-refractivity contribution is 5.94. The van der Waals surface area contributed by atoms with Crippen LogP contribution in [0, 0.1) is 5.82 Å². The van der Waals surface area contributed by atoms with Gasteiger partial charge in [0.1, 0.15) is 5.82 Å². The van der Waals surface area contributed by atoms with Gasteiger partial charge in [0.15, 0.2) is 11.6 Å². The number of allylic oxidation sites excluding steroid dienone is 1. The van der Waals surface area contributed by atoms with Crippen molar-refractivity contribution in [1.29, 1.82) is 0 Å². The molecule has 6 heteroatoms. The molecule has 0 amide bonds. The molecule has 0 saturated carbocycles. The molecular weight excluding hydrogens is 405 g/mol. The van der Waals surface area contributed by atoms with Gasteiger partial charge in [-0.15, -0.1) is 0 Å². The van der Waals surface area contributed by atoms with Gasteiger partial charge >= 0.3 is 0 Å². The van der Waals surface area contributed by atoms with Crippen LogP contribution in [0.15, 0.2) is 54.2 Å². The molecule has 2 heterocycles. The molecular formula is C26H30FN3O2. The molecule has 1 fully saturated rings. The standard InChI is InChI=1S/C26H30FN3O2/c1-18(31)19-9-10-24(22(27)15-19)30-13-11-29(12-14-30)17-20(32)16-25-26(2,3)21-7-5-6-8-23(21)28(25)4/h5-10,15-16H,11-14,17H2,1-4H3/b25-16-. The molecule has 5 nitrogen and oxygen atoms in total. The highest BCUT2D eigenvalue weighted by Crippen LogP contribution is 2.46. The highest BCUT2D eigenvalue weighted by Gasteiger charge is 2.38. The van der Waals surface area contributed by atoms with Gasteiger partial charge in [-0.25, -0.2) is 4.39 Å². The van der Waals surface area contributed by atoms with Crippen molar-refractivity contribution in [2.75, 3.05) is 49.6 Å². The van der Waals surface area contributed by atoms with Gasteiger partial charge in [0.2, 0.25) is 0 Å². The Kier molecular flexibility index (Phi) is 5.91. The van der Waals surface area contributed by atoms with Gasteiger partial charge in [-0.2, -0.15) is 0 Å². The van der Waals surface area contributed by atoms with Crippen LogP contribution in [-0.4, -0.2) is 56.2 Å². The molecule has 0 bridgehead atoms. The second-order valence-corrected chi connectivity index (χ2v) is 9.18. The summed E-state index contributed by atoms with van der Waals surface area (Å²) in [5.74, 6) is -0.441. The first-order valence-corrected chi connectivity index (χ1v) is 11.0. The third kappa shape index (κ3) is 4.07. The number of rotatable bonds is 5. The summed E-state index contributed by atoms with van der Waals surface area (Å²) in [5.41, 5.74) is 4.05. The number of Topliss-reactive ketones (excluding diaryl/α,β-unsaturated/α-hetero) is 1. The van der Waals surface area contributed by atoms with E-state index in [0.29, 0.717) is 44.0 Å². The number of hydrogen-bond acceptors (Lipinski definition) is 5. The number of anilines is 2. The number of benzene rings is 2. The first-order valence-electron chi connectivity index (χ1n) is 11.0. The minimum Gasteiger partial charge on any atom is -0.367 e. The zero-order chi connectivity index (χ0) is 23.0. The van der Waals surface area contributed by atoms with Crippen molar-refractivity contribution in [2.24, 2.45) is 0 Å². The summed E-state index contributed by atoms with van der Waals surface area (Å²) in [6, 6.07) is 12.9. The van der Waals surface area contributed by atoms with Crippen LogP contribution in [0.4, 0.5) is 15.8 Å². The molecule has 0 unspecified atom stereocenters. The van der Waals surface area contributed by atoms with Crippen LogP contribution in [-0.2, 0) is 10.2 Å². The van der Waals surface area contributed by atoms with E-state index in [1.807, 2.05) is 24.1 Å². The van der Waals surface area contributed by atoms with E-state index in [4.69, 9.17) is 0 Å². The topological polar surface area (TPSA) is 43.9 Å². The van der Waals surface area contributed by atoms with Crippen molar-refractivity contribution in [3.63, 3.8) is 0 Å². The number of piperazine rings is 1. The summed E-state index contributed by atoms with van der Waals surface area (Å²) in [6.45, 7) is 8.73. The predicted octanol–water partition coefficient (Wildman–Crippen LogP) is 4.03. The van der Waals surface area contributed by atoms with Crippen molar-refractivity contribution >= 4 is 22.9 Å². The van der Waals surface area contributed by atoms with Crippen LogP contribution in [0.5, 0.6) is 0 Å². The minimum absolute atomic E-state index is 0.0816. The molecule has 2 aromatic carbocycles. The lowest BCUT2D eigenvalue weighted by Gasteiger charge is -2.36. The van der Waals surface area contributed by atoms with Crippen molar-refractivity contribution in [1.82, 2.24) is 4.90 Å². The summed E-state index contributed by atoms with van der Waals surface area (Å²) < 4.78 is 14.5. The predicted molar refractivity (Wildman–Crippen MR) is 126 cm³/mol. The van der Waals surface area contributed by atoms with E-state index < -0.39 is 0 Å². The summed E-state index contributed by atoms with van der Waals surface area (Å²) in [7, 11) is 2.01. The zero-order valence-corrected chi connectivity index (χ0v) is 19.2. The number of carbonyl (C=O) groups is 2. The second-order valence-electron chi connectivity index (χ2n) is 9.18. The van der Waals surface area contributed by atoms with Crippen molar-refractivity contribution in [3.8, 4) is 0 Å².